The molecular weight excluding hydrogens is 200 g/mol. The zero-order valence-corrected chi connectivity index (χ0v) is 9.53. The maximum Gasteiger partial charge on any atom is 0.141 e. The number of hydrogen-bond donors (Lipinski definition) is 0. The second-order valence-corrected chi connectivity index (χ2v) is 4.08. The monoisotopic (exact) mass is 216 g/mol. The minimum absolute atomic E-state index is 0.0580. The van der Waals surface area contributed by atoms with Gasteiger partial charge in [0.15, 0.2) is 0 Å². The van der Waals surface area contributed by atoms with Gasteiger partial charge in [-0.3, -0.25) is 4.79 Å². The van der Waals surface area contributed by atoms with Crippen LogP contribution in [0, 0.1) is 0 Å². The summed E-state index contributed by atoms with van der Waals surface area (Å²) in [5.74, 6) is 1.08. The number of carbonyl (C=O) groups is 1. The van der Waals surface area contributed by atoms with Crippen molar-refractivity contribution < 1.29 is 9.53 Å². The van der Waals surface area contributed by atoms with Gasteiger partial charge in [-0.15, -0.1) is 6.58 Å². The zero-order chi connectivity index (χ0) is 11.5. The molecule has 2 nitrogen and oxygen atoms in total. The third-order valence-corrected chi connectivity index (χ3v) is 3.16. The van der Waals surface area contributed by atoms with Crippen molar-refractivity contribution in [3.05, 3.63) is 42.0 Å². The number of methoxy groups -OCH3 is 1. The van der Waals surface area contributed by atoms with Crippen molar-refractivity contribution in [3.8, 4) is 5.75 Å². The molecule has 0 unspecified atom stereocenters. The fourth-order valence-corrected chi connectivity index (χ4v) is 2.39. The van der Waals surface area contributed by atoms with Crippen molar-refractivity contribution >= 4 is 5.78 Å². The van der Waals surface area contributed by atoms with Gasteiger partial charge in [0.2, 0.25) is 0 Å². The lowest BCUT2D eigenvalue weighted by Crippen LogP contribution is -2.20. The van der Waals surface area contributed by atoms with E-state index in [0.29, 0.717) is 18.6 Å². The highest BCUT2D eigenvalue weighted by molar-refractivity contribution is 5.89. The predicted octanol–water partition coefficient (Wildman–Crippen LogP) is 2.87. The van der Waals surface area contributed by atoms with E-state index < -0.39 is 0 Å². The first kappa shape index (κ1) is 10.9. The van der Waals surface area contributed by atoms with Crippen molar-refractivity contribution in [1.82, 2.24) is 0 Å². The van der Waals surface area contributed by atoms with Crippen LogP contribution in [0.1, 0.15) is 29.9 Å². The molecule has 0 fully saturated rings. The van der Waals surface area contributed by atoms with Crippen LogP contribution in [0.3, 0.4) is 0 Å². The molecule has 1 aliphatic rings. The molecule has 0 bridgehead atoms. The highest BCUT2D eigenvalue weighted by Crippen LogP contribution is 2.37. The average molecular weight is 216 g/mol. The molecule has 0 radical (unpaired) electrons. The lowest BCUT2D eigenvalue weighted by molar-refractivity contribution is -0.120. The van der Waals surface area contributed by atoms with E-state index in [-0.39, 0.29) is 5.92 Å². The van der Waals surface area contributed by atoms with Crippen LogP contribution in [-0.2, 0) is 11.2 Å². The number of hydrogen-bond acceptors (Lipinski definition) is 2. The minimum atomic E-state index is -0.0580. The van der Waals surface area contributed by atoms with Gasteiger partial charge < -0.3 is 4.74 Å². The Balaban J connectivity index is 2.51. The van der Waals surface area contributed by atoms with Crippen LogP contribution < -0.4 is 4.74 Å². The van der Waals surface area contributed by atoms with Gasteiger partial charge in [-0.05, 0) is 24.5 Å². The van der Waals surface area contributed by atoms with Crippen molar-refractivity contribution in [2.45, 2.75) is 25.2 Å². The first-order valence-corrected chi connectivity index (χ1v) is 5.57. The summed E-state index contributed by atoms with van der Waals surface area (Å²) in [6.07, 6.45) is 3.98. The normalized spacial score (nSPS) is 19.1. The minimum Gasteiger partial charge on any atom is -0.496 e. The van der Waals surface area contributed by atoms with E-state index >= 15 is 0 Å². The zero-order valence-electron chi connectivity index (χ0n) is 9.53. The van der Waals surface area contributed by atoms with E-state index in [1.807, 2.05) is 18.2 Å². The van der Waals surface area contributed by atoms with E-state index in [2.05, 4.69) is 12.6 Å². The molecular formula is C14H16O2. The Bertz CT molecular complexity index is 406. The molecule has 1 aliphatic carbocycles. The van der Waals surface area contributed by atoms with Crippen LogP contribution in [0.5, 0.6) is 5.75 Å². The lowest BCUT2D eigenvalue weighted by atomic mass is 9.79. The van der Waals surface area contributed by atoms with Crippen LogP contribution in [0.15, 0.2) is 30.9 Å². The summed E-state index contributed by atoms with van der Waals surface area (Å²) in [6, 6.07) is 5.99. The molecule has 2 heteroatoms. The van der Waals surface area contributed by atoms with Crippen molar-refractivity contribution in [2.24, 2.45) is 0 Å². The highest BCUT2D eigenvalue weighted by atomic mass is 16.5. The number of ether oxygens (including phenoxy) is 1. The van der Waals surface area contributed by atoms with Gasteiger partial charge >= 0.3 is 0 Å². The largest absolute Gasteiger partial charge is 0.496 e. The van der Waals surface area contributed by atoms with Gasteiger partial charge in [-0.1, -0.05) is 18.2 Å². The van der Waals surface area contributed by atoms with Gasteiger partial charge in [0.25, 0.3) is 0 Å². The molecule has 84 valence electrons. The molecule has 0 aliphatic heterocycles. The summed E-state index contributed by atoms with van der Waals surface area (Å²) in [5.41, 5.74) is 2.31. The molecule has 1 atom stereocenters. The second-order valence-electron chi connectivity index (χ2n) is 4.08. The Kier molecular flexibility index (Phi) is 3.09. The number of Topliss-reactive ketones (excluding diaryl/α,β-unsaturated/α-hetero) is 1. The molecule has 2 rings (SSSR count). The van der Waals surface area contributed by atoms with Crippen LogP contribution in [0.4, 0.5) is 0 Å². The molecule has 0 aromatic heterocycles. The summed E-state index contributed by atoms with van der Waals surface area (Å²) in [5, 5.41) is 0. The molecule has 1 aromatic rings. The van der Waals surface area contributed by atoms with Gasteiger partial charge in [-0.2, -0.15) is 0 Å². The maximum atomic E-state index is 11.9. The van der Waals surface area contributed by atoms with Crippen molar-refractivity contribution in [3.63, 3.8) is 0 Å². The molecule has 0 heterocycles. The van der Waals surface area contributed by atoms with Crippen molar-refractivity contribution in [1.29, 1.82) is 0 Å². The Labute approximate surface area is 95.9 Å². The van der Waals surface area contributed by atoms with Crippen LogP contribution in [0.25, 0.3) is 0 Å². The summed E-state index contributed by atoms with van der Waals surface area (Å²) in [4.78, 5) is 11.9. The Morgan fingerprint density at radius 3 is 3.00 bits per heavy atom. The van der Waals surface area contributed by atoms with E-state index in [9.17, 15) is 4.79 Å². The van der Waals surface area contributed by atoms with Crippen LogP contribution in [0.2, 0.25) is 0 Å². The first-order chi connectivity index (χ1) is 7.77. The summed E-state index contributed by atoms with van der Waals surface area (Å²) in [7, 11) is 1.65. The average Bonchev–Trinajstić information content (AvgIpc) is 2.32. The van der Waals surface area contributed by atoms with Gasteiger partial charge in [0, 0.05) is 12.0 Å². The number of benzene rings is 1. The van der Waals surface area contributed by atoms with Gasteiger partial charge in [-0.25, -0.2) is 0 Å². The molecule has 0 spiro atoms. The van der Waals surface area contributed by atoms with Crippen molar-refractivity contribution in [2.75, 3.05) is 7.11 Å². The molecule has 0 amide bonds. The van der Waals surface area contributed by atoms with E-state index in [1.54, 1.807) is 7.11 Å². The molecule has 0 saturated heterocycles. The second kappa shape index (κ2) is 4.52. The summed E-state index contributed by atoms with van der Waals surface area (Å²) >= 11 is 0. The lowest BCUT2D eigenvalue weighted by Gasteiger charge is -2.25. The number of rotatable bonds is 3. The van der Waals surface area contributed by atoms with Gasteiger partial charge in [0.1, 0.15) is 11.5 Å². The highest BCUT2D eigenvalue weighted by Gasteiger charge is 2.29. The van der Waals surface area contributed by atoms with E-state index in [1.165, 1.54) is 5.56 Å². The maximum absolute atomic E-state index is 11.9. The fourth-order valence-electron chi connectivity index (χ4n) is 2.39. The van der Waals surface area contributed by atoms with E-state index in [0.717, 1.165) is 17.7 Å². The summed E-state index contributed by atoms with van der Waals surface area (Å²) in [6.45, 7) is 3.72. The number of ketones is 1. The SMILES string of the molecule is C=CC[C@@H]1C(=O)CCc2cccc(OC)c21. The quantitative estimate of drug-likeness (QED) is 0.726. The predicted molar refractivity (Wildman–Crippen MR) is 63.9 cm³/mol. The Hall–Kier alpha value is -1.57. The van der Waals surface area contributed by atoms with E-state index in [4.69, 9.17) is 4.74 Å². The molecule has 16 heavy (non-hydrogen) atoms. The number of carbonyl (C=O) groups excluding carboxylic acids is 1. The number of aryl methyl sites for hydroxylation is 1. The number of fused-ring (bicyclic) bond motifs is 1. The number of allylic oxidation sites excluding steroid dienone is 1. The molecule has 1 aromatic carbocycles. The Morgan fingerprint density at radius 2 is 2.31 bits per heavy atom. The molecule has 0 N–H and O–H groups in total. The summed E-state index contributed by atoms with van der Waals surface area (Å²) < 4.78 is 5.35. The topological polar surface area (TPSA) is 26.3 Å². The standard InChI is InChI=1S/C14H16O2/c1-3-5-11-12(15)9-8-10-6-4-7-13(16-2)14(10)11/h3-4,6-7,11H,1,5,8-9H2,2H3/t11-/m1/s1. The van der Waals surface area contributed by atoms with Gasteiger partial charge in [0.05, 0.1) is 13.0 Å². The third kappa shape index (κ3) is 1.75. The smallest absolute Gasteiger partial charge is 0.141 e. The van der Waals surface area contributed by atoms with Crippen LogP contribution >= 0.6 is 0 Å². The first-order valence-electron chi connectivity index (χ1n) is 5.57. The molecule has 0 saturated carbocycles. The van der Waals surface area contributed by atoms with Crippen LogP contribution in [-0.4, -0.2) is 12.9 Å². The Morgan fingerprint density at radius 1 is 1.50 bits per heavy atom. The fraction of sp³-hybridized carbons (Fsp3) is 0.357. The third-order valence-electron chi connectivity index (χ3n) is 3.16.